The zero-order valence-corrected chi connectivity index (χ0v) is 25.3. The Hall–Kier alpha value is -4.67. The summed E-state index contributed by atoms with van der Waals surface area (Å²) in [6.07, 6.45) is 0.0340. The summed E-state index contributed by atoms with van der Waals surface area (Å²) in [7, 11) is 3.16. The quantitative estimate of drug-likeness (QED) is 0.127. The first-order chi connectivity index (χ1) is 21.0. The van der Waals surface area contributed by atoms with Crippen molar-refractivity contribution in [3.8, 4) is 23.0 Å². The number of rotatable bonds is 11. The second-order valence-corrected chi connectivity index (χ2v) is 10.7. The number of methoxy groups -OCH3 is 2. The van der Waals surface area contributed by atoms with Crippen LogP contribution in [0.2, 0.25) is 0 Å². The molecule has 230 valence electrons. The highest BCUT2D eigenvalue weighted by Crippen LogP contribution is 2.39. The van der Waals surface area contributed by atoms with Gasteiger partial charge in [0.15, 0.2) is 11.5 Å². The number of nitrogens with zero attached hydrogens (tertiary/aromatic N) is 5. The zero-order chi connectivity index (χ0) is 31.6. The molecule has 0 radical (unpaired) electrons. The van der Waals surface area contributed by atoms with Crippen molar-refractivity contribution in [3.05, 3.63) is 84.3 Å². The zero-order valence-electron chi connectivity index (χ0n) is 25.3. The van der Waals surface area contributed by atoms with Gasteiger partial charge in [-0.3, -0.25) is 4.99 Å². The minimum Gasteiger partial charge on any atom is -0.501 e. The first-order valence-electron chi connectivity index (χ1n) is 14.2. The van der Waals surface area contributed by atoms with Gasteiger partial charge < -0.3 is 18.8 Å². The largest absolute Gasteiger partial charge is 0.501 e. The smallest absolute Gasteiger partial charge is 0.434 e. The third kappa shape index (κ3) is 6.31. The van der Waals surface area contributed by atoms with E-state index in [2.05, 4.69) is 16.6 Å². The minimum atomic E-state index is -4.53. The fraction of sp³-hybridized carbons (Fsp3) is 0.333. The van der Waals surface area contributed by atoms with Crippen LogP contribution >= 0.6 is 0 Å². The number of aliphatic imine (C=N–C) groups is 1. The van der Waals surface area contributed by atoms with Crippen molar-refractivity contribution in [2.75, 3.05) is 14.2 Å². The van der Waals surface area contributed by atoms with Crippen molar-refractivity contribution < 1.29 is 27.4 Å². The maximum Gasteiger partial charge on any atom is 0.434 e. The molecule has 0 bridgehead atoms. The van der Waals surface area contributed by atoms with Gasteiger partial charge in [0, 0.05) is 29.9 Å². The van der Waals surface area contributed by atoms with E-state index >= 15 is 0 Å². The Bertz CT molecular complexity index is 1740. The molecule has 2 aromatic carbocycles. The molecule has 11 heteroatoms. The third-order valence-electron chi connectivity index (χ3n) is 7.37. The Labute approximate surface area is 253 Å². The Morgan fingerprint density at radius 1 is 1.09 bits per heavy atom. The molecule has 0 atom stereocenters. The molecule has 2 heterocycles. The molecule has 8 nitrogen and oxygen atoms in total. The molecule has 0 N–H and O–H groups in total. The second kappa shape index (κ2) is 12.5. The van der Waals surface area contributed by atoms with E-state index in [4.69, 9.17) is 24.2 Å². The van der Waals surface area contributed by atoms with E-state index in [1.54, 1.807) is 38.5 Å². The lowest BCUT2D eigenvalue weighted by Gasteiger charge is -2.16. The summed E-state index contributed by atoms with van der Waals surface area (Å²) in [5, 5.41) is 0.608. The standard InChI is InChI=1S/C33H34F3N5O3/c1-7-37-29(22-15-16-22)27(20(4)42-5)30-38-24-9-8-10-25(43-6)28(24)32(40-30)44-18-21-11-13-23(14-12-21)31-39-26(33(34,35)36)17-41(31)19(2)3/h7-14,17,19,22H,1,15-16,18H2,2-6H3/b27-20-,37-29?. The van der Waals surface area contributed by atoms with Crippen LogP contribution in [0.15, 0.2) is 72.2 Å². The highest BCUT2D eigenvalue weighted by molar-refractivity contribution is 6.25. The number of alkyl halides is 3. The van der Waals surface area contributed by atoms with Gasteiger partial charge in [-0.25, -0.2) is 9.97 Å². The van der Waals surface area contributed by atoms with E-state index in [9.17, 15) is 13.2 Å². The Morgan fingerprint density at radius 2 is 1.82 bits per heavy atom. The van der Waals surface area contributed by atoms with Gasteiger partial charge in [0.05, 0.1) is 31.0 Å². The normalized spacial score (nSPS) is 14.5. The van der Waals surface area contributed by atoms with Crippen molar-refractivity contribution in [1.29, 1.82) is 0 Å². The Kier molecular flexibility index (Phi) is 8.75. The third-order valence-corrected chi connectivity index (χ3v) is 7.37. The molecule has 1 fully saturated rings. The number of aromatic nitrogens is 4. The van der Waals surface area contributed by atoms with Crippen molar-refractivity contribution in [2.45, 2.75) is 52.4 Å². The predicted molar refractivity (Wildman–Crippen MR) is 163 cm³/mol. The topological polar surface area (TPSA) is 83.7 Å². The number of hydrogen-bond acceptors (Lipinski definition) is 7. The maximum absolute atomic E-state index is 13.4. The summed E-state index contributed by atoms with van der Waals surface area (Å²) < 4.78 is 59.2. The van der Waals surface area contributed by atoms with Crippen molar-refractivity contribution in [3.63, 3.8) is 0 Å². The molecule has 44 heavy (non-hydrogen) atoms. The lowest BCUT2D eigenvalue weighted by molar-refractivity contribution is -0.140. The number of halogens is 3. The molecule has 0 unspecified atom stereocenters. The summed E-state index contributed by atoms with van der Waals surface area (Å²) in [5.74, 6) is 2.40. The van der Waals surface area contributed by atoms with Gasteiger partial charge in [-0.1, -0.05) is 36.9 Å². The summed E-state index contributed by atoms with van der Waals surface area (Å²) in [6, 6.07) is 12.4. The summed E-state index contributed by atoms with van der Waals surface area (Å²) in [4.78, 5) is 18.1. The highest BCUT2D eigenvalue weighted by Gasteiger charge is 2.35. The summed E-state index contributed by atoms with van der Waals surface area (Å²) in [5.41, 5.74) is 2.55. The molecule has 4 aromatic rings. The molecule has 5 rings (SSSR count). The van der Waals surface area contributed by atoms with Gasteiger partial charge in [-0.15, -0.1) is 0 Å². The fourth-order valence-corrected chi connectivity index (χ4v) is 4.93. The predicted octanol–water partition coefficient (Wildman–Crippen LogP) is 8.05. The molecule has 0 amide bonds. The number of hydrogen-bond donors (Lipinski definition) is 0. The second-order valence-electron chi connectivity index (χ2n) is 10.7. The fourth-order valence-electron chi connectivity index (χ4n) is 4.93. The first-order valence-corrected chi connectivity index (χ1v) is 14.2. The van der Waals surface area contributed by atoms with Gasteiger partial charge in [-0.05, 0) is 51.3 Å². The molecular formula is C33H34F3N5O3. The van der Waals surface area contributed by atoms with Gasteiger partial charge in [-0.2, -0.15) is 18.2 Å². The van der Waals surface area contributed by atoms with Crippen molar-refractivity contribution in [1.82, 2.24) is 19.5 Å². The van der Waals surface area contributed by atoms with Crippen molar-refractivity contribution in [2.24, 2.45) is 10.9 Å². The molecule has 0 spiro atoms. The SMILES string of the molecule is C=CN=C(/C(=C(\C)OC)c1nc(OCc2ccc(-c3nc(C(F)(F)F)cn3C(C)C)cc2)c2c(OC)cccc2n1)C1CC1. The van der Waals surface area contributed by atoms with E-state index in [1.165, 1.54) is 10.8 Å². The van der Waals surface area contributed by atoms with Crippen LogP contribution in [0.25, 0.3) is 27.9 Å². The van der Waals surface area contributed by atoms with E-state index in [1.807, 2.05) is 39.0 Å². The number of imidazole rings is 1. The Morgan fingerprint density at radius 3 is 2.41 bits per heavy atom. The van der Waals surface area contributed by atoms with Crippen LogP contribution in [0.1, 0.15) is 56.7 Å². The van der Waals surface area contributed by atoms with E-state index in [0.717, 1.165) is 30.3 Å². The van der Waals surface area contributed by atoms with Gasteiger partial charge in [0.25, 0.3) is 0 Å². The van der Waals surface area contributed by atoms with Crippen LogP contribution in [0, 0.1) is 5.92 Å². The molecule has 0 saturated heterocycles. The van der Waals surface area contributed by atoms with Crippen LogP contribution in [-0.4, -0.2) is 39.5 Å². The lowest BCUT2D eigenvalue weighted by atomic mass is 10.0. The highest BCUT2D eigenvalue weighted by atomic mass is 19.4. The molecule has 1 saturated carbocycles. The van der Waals surface area contributed by atoms with E-state index < -0.39 is 11.9 Å². The number of benzene rings is 2. The molecule has 0 aliphatic heterocycles. The molecule has 2 aromatic heterocycles. The summed E-state index contributed by atoms with van der Waals surface area (Å²) in [6.45, 7) is 9.39. The minimum absolute atomic E-state index is 0.134. The van der Waals surface area contributed by atoms with E-state index in [0.29, 0.717) is 45.3 Å². The lowest BCUT2D eigenvalue weighted by Crippen LogP contribution is -2.12. The van der Waals surface area contributed by atoms with Crippen molar-refractivity contribution >= 4 is 22.2 Å². The van der Waals surface area contributed by atoms with Gasteiger partial charge in [0.1, 0.15) is 29.3 Å². The monoisotopic (exact) mass is 605 g/mol. The van der Waals surface area contributed by atoms with Crippen LogP contribution in [0.3, 0.4) is 0 Å². The molecule has 1 aliphatic carbocycles. The number of allylic oxidation sites excluding steroid dienone is 2. The van der Waals surface area contributed by atoms with E-state index in [-0.39, 0.29) is 24.4 Å². The average Bonchev–Trinajstić information content (AvgIpc) is 3.74. The van der Waals surface area contributed by atoms with Crippen LogP contribution in [-0.2, 0) is 17.5 Å². The van der Waals surface area contributed by atoms with Crippen LogP contribution < -0.4 is 9.47 Å². The molecular weight excluding hydrogens is 571 g/mol. The number of ether oxygens (including phenoxy) is 3. The van der Waals surface area contributed by atoms with Gasteiger partial charge >= 0.3 is 6.18 Å². The first kappa shape index (κ1) is 30.8. The molecule has 1 aliphatic rings. The van der Waals surface area contributed by atoms with Gasteiger partial charge in [0.2, 0.25) is 5.88 Å². The van der Waals surface area contributed by atoms with Crippen LogP contribution in [0.4, 0.5) is 13.2 Å². The number of fused-ring (bicyclic) bond motifs is 1. The average molecular weight is 606 g/mol. The summed E-state index contributed by atoms with van der Waals surface area (Å²) >= 11 is 0. The maximum atomic E-state index is 13.4. The Balaban J connectivity index is 1.51. The van der Waals surface area contributed by atoms with Crippen LogP contribution in [0.5, 0.6) is 11.6 Å².